The Kier molecular flexibility index (Phi) is 5.20. The molecule has 19 heavy (non-hydrogen) atoms. The van der Waals surface area contributed by atoms with Crippen molar-refractivity contribution in [2.45, 2.75) is 38.5 Å². The van der Waals surface area contributed by atoms with Crippen molar-refractivity contribution >= 4 is 5.97 Å². The summed E-state index contributed by atoms with van der Waals surface area (Å²) in [5.41, 5.74) is -0.960. The number of ether oxygens (including phenoxy) is 1. The zero-order chi connectivity index (χ0) is 14.5. The first-order chi connectivity index (χ1) is 8.86. The molecule has 0 saturated carbocycles. The minimum atomic E-state index is -4.57. The topological polar surface area (TPSA) is 46.5 Å². The van der Waals surface area contributed by atoms with Gasteiger partial charge in [0.25, 0.3) is 0 Å². The van der Waals surface area contributed by atoms with Gasteiger partial charge in [-0.15, -0.1) is 0 Å². The maximum absolute atomic E-state index is 12.7. The Morgan fingerprint density at radius 3 is 2.53 bits per heavy atom. The number of hydrogen-bond acceptors (Lipinski definition) is 2. The highest BCUT2D eigenvalue weighted by Gasteiger charge is 2.35. The molecule has 0 fully saturated rings. The summed E-state index contributed by atoms with van der Waals surface area (Å²) in [5, 5.41) is 8.95. The van der Waals surface area contributed by atoms with Crippen molar-refractivity contribution in [2.75, 3.05) is 0 Å². The second-order valence-corrected chi connectivity index (χ2v) is 4.08. The minimum Gasteiger partial charge on any atom is -0.479 e. The van der Waals surface area contributed by atoms with Crippen molar-refractivity contribution < 1.29 is 27.8 Å². The summed E-state index contributed by atoms with van der Waals surface area (Å²) in [5.74, 6) is -1.70. The molecule has 0 spiro atoms. The highest BCUT2D eigenvalue weighted by Crippen LogP contribution is 2.36. The third kappa shape index (κ3) is 4.46. The fraction of sp³-hybridized carbons (Fsp3) is 0.462. The average Bonchev–Trinajstić information content (AvgIpc) is 2.33. The van der Waals surface area contributed by atoms with Gasteiger partial charge in [-0.3, -0.25) is 0 Å². The molecular weight excluding hydrogens is 261 g/mol. The molecule has 6 heteroatoms. The highest BCUT2D eigenvalue weighted by atomic mass is 19.4. The van der Waals surface area contributed by atoms with Gasteiger partial charge in [0, 0.05) is 0 Å². The molecular formula is C13H15F3O3. The summed E-state index contributed by atoms with van der Waals surface area (Å²) in [6.07, 6.45) is -4.33. The number of carboxylic acids is 1. The van der Waals surface area contributed by atoms with E-state index in [4.69, 9.17) is 9.84 Å². The van der Waals surface area contributed by atoms with E-state index in [1.165, 1.54) is 12.1 Å². The van der Waals surface area contributed by atoms with Crippen LogP contribution in [0.3, 0.4) is 0 Å². The number of carboxylic acid groups (broad SMARTS) is 1. The molecule has 0 aliphatic rings. The molecule has 0 aromatic heterocycles. The number of aliphatic carboxylic acids is 1. The van der Waals surface area contributed by atoms with Crippen LogP contribution in [0.15, 0.2) is 24.3 Å². The van der Waals surface area contributed by atoms with Gasteiger partial charge < -0.3 is 9.84 Å². The smallest absolute Gasteiger partial charge is 0.419 e. The molecule has 0 bridgehead atoms. The van der Waals surface area contributed by atoms with E-state index >= 15 is 0 Å². The van der Waals surface area contributed by atoms with Gasteiger partial charge in [-0.25, -0.2) is 4.79 Å². The lowest BCUT2D eigenvalue weighted by molar-refractivity contribution is -0.148. The molecule has 1 aromatic rings. The molecule has 1 N–H and O–H groups in total. The maximum atomic E-state index is 12.7. The number of halogens is 3. The normalized spacial score (nSPS) is 13.1. The summed E-state index contributed by atoms with van der Waals surface area (Å²) in [4.78, 5) is 11.0. The second-order valence-electron chi connectivity index (χ2n) is 4.08. The van der Waals surface area contributed by atoms with Crippen molar-refractivity contribution in [3.05, 3.63) is 29.8 Å². The Morgan fingerprint density at radius 2 is 2.00 bits per heavy atom. The number of unbranched alkanes of at least 4 members (excludes halogenated alkanes) is 1. The number of benzene rings is 1. The molecule has 3 nitrogen and oxygen atoms in total. The molecule has 1 aromatic carbocycles. The Morgan fingerprint density at radius 1 is 1.37 bits per heavy atom. The van der Waals surface area contributed by atoms with Gasteiger partial charge in [0.1, 0.15) is 5.75 Å². The lowest BCUT2D eigenvalue weighted by atomic mass is 10.1. The number of hydrogen-bond donors (Lipinski definition) is 1. The van der Waals surface area contributed by atoms with Crippen LogP contribution in [0.25, 0.3) is 0 Å². The van der Waals surface area contributed by atoms with E-state index in [9.17, 15) is 18.0 Å². The molecule has 0 aliphatic heterocycles. The standard InChI is InChI=1S/C13H15F3O3/c1-2-3-7-11(12(17)18)19-10-8-5-4-6-9(10)13(14,15)16/h4-6,8,11H,2-3,7H2,1H3,(H,17,18). The molecule has 0 saturated heterocycles. The van der Waals surface area contributed by atoms with Crippen LogP contribution in [0.5, 0.6) is 5.75 Å². The van der Waals surface area contributed by atoms with Gasteiger partial charge in [-0.2, -0.15) is 13.2 Å². The Bertz CT molecular complexity index is 429. The van der Waals surface area contributed by atoms with Crippen LogP contribution in [0.2, 0.25) is 0 Å². The molecule has 1 rings (SSSR count). The van der Waals surface area contributed by atoms with E-state index < -0.39 is 29.6 Å². The summed E-state index contributed by atoms with van der Waals surface area (Å²) >= 11 is 0. The van der Waals surface area contributed by atoms with Gasteiger partial charge in [-0.05, 0) is 25.0 Å². The van der Waals surface area contributed by atoms with Crippen LogP contribution in [-0.4, -0.2) is 17.2 Å². The number of para-hydroxylation sites is 1. The van der Waals surface area contributed by atoms with E-state index in [1.54, 1.807) is 0 Å². The second kappa shape index (κ2) is 6.45. The Balaban J connectivity index is 2.93. The molecule has 0 radical (unpaired) electrons. The summed E-state index contributed by atoms with van der Waals surface area (Å²) in [6, 6.07) is 4.61. The molecule has 1 atom stereocenters. The third-order valence-electron chi connectivity index (χ3n) is 2.56. The Labute approximate surface area is 109 Å². The highest BCUT2D eigenvalue weighted by molar-refractivity contribution is 5.72. The van der Waals surface area contributed by atoms with Crippen LogP contribution >= 0.6 is 0 Å². The first-order valence-electron chi connectivity index (χ1n) is 5.92. The predicted molar refractivity (Wildman–Crippen MR) is 63.0 cm³/mol. The zero-order valence-corrected chi connectivity index (χ0v) is 10.4. The minimum absolute atomic E-state index is 0.179. The fourth-order valence-corrected chi connectivity index (χ4v) is 1.58. The number of carbonyl (C=O) groups is 1. The zero-order valence-electron chi connectivity index (χ0n) is 10.4. The van der Waals surface area contributed by atoms with Crippen LogP contribution in [-0.2, 0) is 11.0 Å². The third-order valence-corrected chi connectivity index (χ3v) is 2.56. The van der Waals surface area contributed by atoms with Crippen LogP contribution in [0.4, 0.5) is 13.2 Å². The van der Waals surface area contributed by atoms with Crippen molar-refractivity contribution in [1.29, 1.82) is 0 Å². The number of alkyl halides is 3. The Hall–Kier alpha value is -1.72. The van der Waals surface area contributed by atoms with Gasteiger partial charge in [0.05, 0.1) is 5.56 Å². The van der Waals surface area contributed by atoms with Crippen molar-refractivity contribution in [1.82, 2.24) is 0 Å². The van der Waals surface area contributed by atoms with E-state index in [0.717, 1.165) is 18.6 Å². The molecule has 0 amide bonds. The van der Waals surface area contributed by atoms with Crippen LogP contribution in [0, 0.1) is 0 Å². The van der Waals surface area contributed by atoms with Gasteiger partial charge in [-0.1, -0.05) is 25.5 Å². The summed E-state index contributed by atoms with van der Waals surface area (Å²) < 4.78 is 43.2. The van der Waals surface area contributed by atoms with Gasteiger partial charge in [0.15, 0.2) is 6.10 Å². The first kappa shape index (κ1) is 15.3. The lowest BCUT2D eigenvalue weighted by Crippen LogP contribution is -2.27. The monoisotopic (exact) mass is 276 g/mol. The van der Waals surface area contributed by atoms with Crippen molar-refractivity contribution in [2.24, 2.45) is 0 Å². The predicted octanol–water partition coefficient (Wildman–Crippen LogP) is 3.73. The number of rotatable bonds is 6. The summed E-state index contributed by atoms with van der Waals surface area (Å²) in [6.45, 7) is 1.86. The van der Waals surface area contributed by atoms with Crippen LogP contribution in [0.1, 0.15) is 31.7 Å². The molecule has 1 unspecified atom stereocenters. The lowest BCUT2D eigenvalue weighted by Gasteiger charge is -2.18. The molecule has 106 valence electrons. The van der Waals surface area contributed by atoms with Crippen LogP contribution < -0.4 is 4.74 Å². The quantitative estimate of drug-likeness (QED) is 0.861. The van der Waals surface area contributed by atoms with Crippen molar-refractivity contribution in [3.8, 4) is 5.75 Å². The van der Waals surface area contributed by atoms with Gasteiger partial charge in [0.2, 0.25) is 0 Å². The fourth-order valence-electron chi connectivity index (χ4n) is 1.58. The largest absolute Gasteiger partial charge is 0.479 e. The van der Waals surface area contributed by atoms with E-state index in [0.29, 0.717) is 6.42 Å². The van der Waals surface area contributed by atoms with E-state index in [1.807, 2.05) is 6.92 Å². The molecule has 0 aliphatic carbocycles. The molecule has 0 heterocycles. The average molecular weight is 276 g/mol. The van der Waals surface area contributed by atoms with E-state index in [2.05, 4.69) is 0 Å². The van der Waals surface area contributed by atoms with Crippen molar-refractivity contribution in [3.63, 3.8) is 0 Å². The summed E-state index contributed by atoms with van der Waals surface area (Å²) in [7, 11) is 0. The van der Waals surface area contributed by atoms with Gasteiger partial charge >= 0.3 is 12.1 Å². The maximum Gasteiger partial charge on any atom is 0.419 e. The SMILES string of the molecule is CCCCC(Oc1ccccc1C(F)(F)F)C(=O)O. The first-order valence-corrected chi connectivity index (χ1v) is 5.92. The van der Waals surface area contributed by atoms with E-state index in [-0.39, 0.29) is 6.42 Å².